The van der Waals surface area contributed by atoms with Crippen molar-refractivity contribution in [3.63, 3.8) is 0 Å². The quantitative estimate of drug-likeness (QED) is 0.807. The van der Waals surface area contributed by atoms with Crippen molar-refractivity contribution >= 4 is 5.91 Å². The Kier molecular flexibility index (Phi) is 3.81. The van der Waals surface area contributed by atoms with Crippen LogP contribution in [0.3, 0.4) is 0 Å². The zero-order valence-corrected chi connectivity index (χ0v) is 12.1. The number of piperidine rings is 1. The smallest absolute Gasteiger partial charge is 0.240 e. The Morgan fingerprint density at radius 2 is 2.26 bits per heavy atom. The monoisotopic (exact) mass is 265 g/mol. The highest BCUT2D eigenvalue weighted by Gasteiger charge is 2.41. The topological polar surface area (TPSA) is 44.4 Å². The summed E-state index contributed by atoms with van der Waals surface area (Å²) in [6.45, 7) is 5.55. The van der Waals surface area contributed by atoms with E-state index in [9.17, 15) is 4.79 Å². The highest BCUT2D eigenvalue weighted by molar-refractivity contribution is 5.86. The van der Waals surface area contributed by atoms with Crippen LogP contribution in [0.5, 0.6) is 0 Å². The Bertz CT molecular complexity index is 338. The van der Waals surface area contributed by atoms with Gasteiger partial charge < -0.3 is 15.5 Å². The average molecular weight is 265 g/mol. The van der Waals surface area contributed by atoms with Gasteiger partial charge in [-0.1, -0.05) is 6.92 Å². The summed E-state index contributed by atoms with van der Waals surface area (Å²) in [7, 11) is 0. The third-order valence-electron chi connectivity index (χ3n) is 5.44. The molecule has 3 fully saturated rings. The standard InChI is InChI=1S/C15H27N3O/c1-2-15(7-4-8-16-15)14(19)17-12-6-10-18-9-3-5-13(18)11-12/h12-13,16H,2-11H2,1H3,(H,17,19)/t12-,13+,15+/m0/s1. The molecule has 0 saturated carbocycles. The van der Waals surface area contributed by atoms with E-state index in [1.165, 1.54) is 25.9 Å². The predicted molar refractivity (Wildman–Crippen MR) is 76.0 cm³/mol. The van der Waals surface area contributed by atoms with Gasteiger partial charge in [-0.05, 0) is 58.0 Å². The van der Waals surface area contributed by atoms with E-state index >= 15 is 0 Å². The fourth-order valence-corrected chi connectivity index (χ4v) is 4.14. The number of hydrogen-bond acceptors (Lipinski definition) is 3. The maximum atomic E-state index is 12.6. The van der Waals surface area contributed by atoms with Crippen LogP contribution in [0.2, 0.25) is 0 Å². The van der Waals surface area contributed by atoms with Crippen molar-refractivity contribution in [3.05, 3.63) is 0 Å². The van der Waals surface area contributed by atoms with Gasteiger partial charge in [0.15, 0.2) is 0 Å². The number of rotatable bonds is 3. The molecular weight excluding hydrogens is 238 g/mol. The summed E-state index contributed by atoms with van der Waals surface area (Å²) < 4.78 is 0. The summed E-state index contributed by atoms with van der Waals surface area (Å²) in [6.07, 6.45) is 7.98. The molecule has 3 saturated heterocycles. The molecule has 4 nitrogen and oxygen atoms in total. The average Bonchev–Trinajstić information content (AvgIpc) is 3.07. The van der Waals surface area contributed by atoms with Crippen molar-refractivity contribution < 1.29 is 4.79 Å². The van der Waals surface area contributed by atoms with E-state index in [4.69, 9.17) is 0 Å². The van der Waals surface area contributed by atoms with E-state index in [1.54, 1.807) is 0 Å². The van der Waals surface area contributed by atoms with E-state index < -0.39 is 0 Å². The molecule has 0 aliphatic carbocycles. The van der Waals surface area contributed by atoms with Gasteiger partial charge in [-0.25, -0.2) is 0 Å². The molecule has 0 spiro atoms. The Balaban J connectivity index is 1.57. The van der Waals surface area contributed by atoms with Gasteiger partial charge in [0, 0.05) is 18.6 Å². The van der Waals surface area contributed by atoms with E-state index in [0.717, 1.165) is 44.7 Å². The molecule has 0 aromatic rings. The van der Waals surface area contributed by atoms with Crippen LogP contribution in [0.1, 0.15) is 51.9 Å². The largest absolute Gasteiger partial charge is 0.352 e. The number of fused-ring (bicyclic) bond motifs is 1. The minimum Gasteiger partial charge on any atom is -0.352 e. The lowest BCUT2D eigenvalue weighted by Gasteiger charge is -2.37. The van der Waals surface area contributed by atoms with Crippen molar-refractivity contribution in [2.75, 3.05) is 19.6 Å². The van der Waals surface area contributed by atoms with Crippen molar-refractivity contribution in [3.8, 4) is 0 Å². The molecule has 3 heterocycles. The van der Waals surface area contributed by atoms with Crippen molar-refractivity contribution in [2.45, 2.75) is 69.5 Å². The number of hydrogen-bond donors (Lipinski definition) is 2. The predicted octanol–water partition coefficient (Wildman–Crippen LogP) is 1.26. The molecule has 3 rings (SSSR count). The van der Waals surface area contributed by atoms with E-state index in [0.29, 0.717) is 6.04 Å². The summed E-state index contributed by atoms with van der Waals surface area (Å²) in [6, 6.07) is 1.13. The molecule has 3 atom stereocenters. The minimum atomic E-state index is -0.271. The third-order valence-corrected chi connectivity index (χ3v) is 5.44. The molecule has 108 valence electrons. The van der Waals surface area contributed by atoms with Gasteiger partial charge in [0.2, 0.25) is 5.91 Å². The van der Waals surface area contributed by atoms with E-state index in [2.05, 4.69) is 22.5 Å². The van der Waals surface area contributed by atoms with Gasteiger partial charge in [-0.2, -0.15) is 0 Å². The number of nitrogens with zero attached hydrogens (tertiary/aromatic N) is 1. The minimum absolute atomic E-state index is 0.254. The fraction of sp³-hybridized carbons (Fsp3) is 0.933. The number of amides is 1. The molecule has 3 aliphatic rings. The maximum absolute atomic E-state index is 12.6. The first-order valence-corrected chi connectivity index (χ1v) is 8.03. The van der Waals surface area contributed by atoms with Gasteiger partial charge in [0.05, 0.1) is 5.54 Å². The van der Waals surface area contributed by atoms with Crippen LogP contribution in [-0.4, -0.2) is 48.1 Å². The Labute approximate surface area is 116 Å². The molecule has 0 bridgehead atoms. The lowest BCUT2D eigenvalue weighted by Crippen LogP contribution is -2.57. The van der Waals surface area contributed by atoms with Gasteiger partial charge >= 0.3 is 0 Å². The van der Waals surface area contributed by atoms with E-state index in [1.807, 2.05) is 0 Å². The van der Waals surface area contributed by atoms with Crippen LogP contribution in [0.4, 0.5) is 0 Å². The van der Waals surface area contributed by atoms with Crippen molar-refractivity contribution in [1.82, 2.24) is 15.5 Å². The Morgan fingerprint density at radius 3 is 3.00 bits per heavy atom. The second-order valence-electron chi connectivity index (χ2n) is 6.49. The highest BCUT2D eigenvalue weighted by Crippen LogP contribution is 2.28. The molecule has 0 aromatic carbocycles. The second kappa shape index (κ2) is 5.41. The summed E-state index contributed by atoms with van der Waals surface area (Å²) >= 11 is 0. The van der Waals surface area contributed by atoms with Crippen molar-refractivity contribution in [1.29, 1.82) is 0 Å². The molecule has 4 heteroatoms. The van der Waals surface area contributed by atoms with Crippen LogP contribution >= 0.6 is 0 Å². The SMILES string of the molecule is CC[C@]1(C(=O)N[C@H]2CCN3CCC[C@@H]3C2)CCCN1. The molecule has 2 N–H and O–H groups in total. The van der Waals surface area contributed by atoms with Gasteiger partial charge in [0.25, 0.3) is 0 Å². The highest BCUT2D eigenvalue weighted by atomic mass is 16.2. The fourth-order valence-electron chi connectivity index (χ4n) is 4.14. The first-order valence-electron chi connectivity index (χ1n) is 8.03. The molecule has 1 amide bonds. The van der Waals surface area contributed by atoms with Crippen molar-refractivity contribution in [2.24, 2.45) is 0 Å². The summed E-state index contributed by atoms with van der Waals surface area (Å²) in [5.41, 5.74) is -0.271. The van der Waals surface area contributed by atoms with E-state index in [-0.39, 0.29) is 11.4 Å². The number of carbonyl (C=O) groups excluding carboxylic acids is 1. The molecular formula is C15H27N3O. The summed E-state index contributed by atoms with van der Waals surface area (Å²) in [5, 5.41) is 6.77. The van der Waals surface area contributed by atoms with Gasteiger partial charge in [0.1, 0.15) is 0 Å². The molecule has 3 aliphatic heterocycles. The summed E-state index contributed by atoms with van der Waals surface area (Å²) in [5.74, 6) is 0.254. The number of nitrogens with one attached hydrogen (secondary N) is 2. The normalized spacial score (nSPS) is 39.2. The molecule has 0 radical (unpaired) electrons. The van der Waals surface area contributed by atoms with Crippen LogP contribution in [-0.2, 0) is 4.79 Å². The van der Waals surface area contributed by atoms with Crippen LogP contribution in [0.25, 0.3) is 0 Å². The first-order chi connectivity index (χ1) is 9.23. The molecule has 0 aromatic heterocycles. The number of carbonyl (C=O) groups is 1. The van der Waals surface area contributed by atoms with Crippen LogP contribution in [0.15, 0.2) is 0 Å². The zero-order valence-electron chi connectivity index (χ0n) is 12.1. The van der Waals surface area contributed by atoms with Gasteiger partial charge in [-0.15, -0.1) is 0 Å². The third kappa shape index (κ3) is 2.52. The van der Waals surface area contributed by atoms with Gasteiger partial charge in [-0.3, -0.25) is 4.79 Å². The zero-order chi connectivity index (χ0) is 13.3. The van der Waals surface area contributed by atoms with Crippen LogP contribution in [0, 0.1) is 0 Å². The molecule has 19 heavy (non-hydrogen) atoms. The summed E-state index contributed by atoms with van der Waals surface area (Å²) in [4.78, 5) is 15.2. The molecule has 0 unspecified atom stereocenters. The second-order valence-corrected chi connectivity index (χ2v) is 6.49. The lowest BCUT2D eigenvalue weighted by atomic mass is 9.91. The lowest BCUT2D eigenvalue weighted by molar-refractivity contribution is -0.128. The maximum Gasteiger partial charge on any atom is 0.240 e. The first kappa shape index (κ1) is 13.4. The Morgan fingerprint density at radius 1 is 1.37 bits per heavy atom. The Hall–Kier alpha value is -0.610. The van der Waals surface area contributed by atoms with Crippen LogP contribution < -0.4 is 10.6 Å².